The molecule has 3 aromatic rings. The molecule has 1 aromatic heterocycles. The number of aromatic nitrogens is 1. The molecule has 0 aliphatic heterocycles. The van der Waals surface area contributed by atoms with Gasteiger partial charge in [0.05, 0.1) is 18.6 Å². The van der Waals surface area contributed by atoms with E-state index in [2.05, 4.69) is 0 Å². The zero-order valence-electron chi connectivity index (χ0n) is 18.4. The molecule has 0 bridgehead atoms. The van der Waals surface area contributed by atoms with Gasteiger partial charge in [0, 0.05) is 39.8 Å². The molecule has 0 saturated heterocycles. The Balaban J connectivity index is 1.81. The van der Waals surface area contributed by atoms with E-state index in [1.807, 2.05) is 48.6 Å². The first-order valence-corrected chi connectivity index (χ1v) is 11.8. The average Bonchev–Trinajstić information content (AvgIpc) is 3.01. The maximum atomic E-state index is 13.1. The lowest BCUT2D eigenvalue weighted by molar-refractivity contribution is 0.0942. The number of carbonyl (C=O) groups excluding carboxylic acids is 1. The molecule has 2 N–H and O–H groups in total. The number of benzene rings is 2. The minimum absolute atomic E-state index is 0.0194. The Morgan fingerprint density at radius 3 is 2.38 bits per heavy atom. The van der Waals surface area contributed by atoms with Gasteiger partial charge in [-0.25, -0.2) is 13.6 Å². The second-order valence-corrected chi connectivity index (χ2v) is 9.71. The largest absolute Gasteiger partial charge is 0.496 e. The molecule has 0 aliphatic carbocycles. The zero-order chi connectivity index (χ0) is 23.6. The third-order valence-corrected chi connectivity index (χ3v) is 6.42. The summed E-state index contributed by atoms with van der Waals surface area (Å²) in [7, 11) is -0.300. The molecule has 0 aliphatic rings. The van der Waals surface area contributed by atoms with Gasteiger partial charge in [-0.3, -0.25) is 9.69 Å². The predicted octanol–water partition coefficient (Wildman–Crippen LogP) is 3.72. The fraction of sp³-hybridized carbons (Fsp3) is 0.261. The summed E-state index contributed by atoms with van der Waals surface area (Å²) in [5, 5.41) is 5.79. The molecule has 7 nitrogen and oxygen atoms in total. The van der Waals surface area contributed by atoms with Gasteiger partial charge in [-0.1, -0.05) is 11.6 Å². The predicted molar refractivity (Wildman–Crippen MR) is 125 cm³/mol. The Bertz CT molecular complexity index is 1250. The number of Topliss-reactive ketones (excluding diaryl/α,β-unsaturated/α-hetero) is 1. The first kappa shape index (κ1) is 24.0. The highest BCUT2D eigenvalue weighted by atomic mass is 35.5. The number of aryl methyl sites for hydroxylation is 1. The van der Waals surface area contributed by atoms with Crippen molar-refractivity contribution >= 4 is 27.4 Å². The number of nitrogens with zero attached hydrogens (tertiary/aromatic N) is 2. The topological polar surface area (TPSA) is 94.6 Å². The van der Waals surface area contributed by atoms with Crippen LogP contribution in [-0.2, 0) is 16.6 Å². The minimum atomic E-state index is -3.76. The van der Waals surface area contributed by atoms with E-state index in [0.29, 0.717) is 17.1 Å². The Morgan fingerprint density at radius 2 is 1.78 bits per heavy atom. The van der Waals surface area contributed by atoms with Crippen molar-refractivity contribution in [3.05, 3.63) is 76.1 Å². The summed E-state index contributed by atoms with van der Waals surface area (Å²) < 4.78 is 30.3. The van der Waals surface area contributed by atoms with Gasteiger partial charge in [0.1, 0.15) is 5.75 Å². The third-order valence-electron chi connectivity index (χ3n) is 5.25. The molecule has 32 heavy (non-hydrogen) atoms. The fourth-order valence-corrected chi connectivity index (χ4v) is 4.49. The number of ketones is 1. The summed E-state index contributed by atoms with van der Waals surface area (Å²) >= 11 is 6.11. The Labute approximate surface area is 193 Å². The number of halogens is 1. The van der Waals surface area contributed by atoms with Gasteiger partial charge in [0.25, 0.3) is 0 Å². The molecule has 9 heteroatoms. The van der Waals surface area contributed by atoms with E-state index in [1.54, 1.807) is 25.3 Å². The molecule has 0 saturated carbocycles. The lowest BCUT2D eigenvalue weighted by Gasteiger charge is -2.18. The van der Waals surface area contributed by atoms with Crippen LogP contribution >= 0.6 is 11.6 Å². The van der Waals surface area contributed by atoms with Crippen LogP contribution in [0.1, 0.15) is 27.3 Å². The van der Waals surface area contributed by atoms with E-state index in [0.717, 1.165) is 28.4 Å². The first-order valence-electron chi connectivity index (χ1n) is 9.87. The minimum Gasteiger partial charge on any atom is -0.496 e. The van der Waals surface area contributed by atoms with Crippen molar-refractivity contribution < 1.29 is 17.9 Å². The Morgan fingerprint density at radius 1 is 1.12 bits per heavy atom. The molecule has 0 unspecified atom stereocenters. The molecule has 1 heterocycles. The van der Waals surface area contributed by atoms with Crippen molar-refractivity contribution in [1.29, 1.82) is 0 Å². The molecule has 0 radical (unpaired) electrons. The Kier molecular flexibility index (Phi) is 7.09. The summed E-state index contributed by atoms with van der Waals surface area (Å²) in [5.74, 6) is 0.698. The van der Waals surface area contributed by atoms with E-state index in [9.17, 15) is 13.2 Å². The maximum Gasteiger partial charge on any atom is 0.238 e. The Hall–Kier alpha value is -2.65. The molecule has 2 aromatic carbocycles. The van der Waals surface area contributed by atoms with Crippen LogP contribution in [0.4, 0.5) is 0 Å². The van der Waals surface area contributed by atoms with E-state index < -0.39 is 10.0 Å². The van der Waals surface area contributed by atoms with E-state index in [-0.39, 0.29) is 17.2 Å². The molecular formula is C23H26ClN3O4S. The van der Waals surface area contributed by atoms with Crippen molar-refractivity contribution in [3.63, 3.8) is 0 Å². The van der Waals surface area contributed by atoms with Gasteiger partial charge >= 0.3 is 0 Å². The summed E-state index contributed by atoms with van der Waals surface area (Å²) in [6.45, 7) is 4.49. The number of hydrogen-bond donors (Lipinski definition) is 1. The van der Waals surface area contributed by atoms with Crippen molar-refractivity contribution in [1.82, 2.24) is 9.47 Å². The van der Waals surface area contributed by atoms with E-state index in [4.69, 9.17) is 21.5 Å². The number of primary sulfonamides is 1. The van der Waals surface area contributed by atoms with Gasteiger partial charge in [0.2, 0.25) is 10.0 Å². The number of rotatable bonds is 8. The quantitative estimate of drug-likeness (QED) is 0.501. The van der Waals surface area contributed by atoms with Crippen molar-refractivity contribution in [2.75, 3.05) is 20.7 Å². The second kappa shape index (κ2) is 9.46. The number of hydrogen-bond acceptors (Lipinski definition) is 5. The lowest BCUT2D eigenvalue weighted by atomic mass is 10.1. The van der Waals surface area contributed by atoms with Crippen LogP contribution < -0.4 is 9.88 Å². The fourth-order valence-electron chi connectivity index (χ4n) is 3.78. The van der Waals surface area contributed by atoms with Crippen LogP contribution in [0.25, 0.3) is 5.69 Å². The van der Waals surface area contributed by atoms with Gasteiger partial charge in [0.15, 0.2) is 5.78 Å². The molecule has 0 fully saturated rings. The molecule has 0 spiro atoms. The molecular weight excluding hydrogens is 450 g/mol. The first-order chi connectivity index (χ1) is 15.0. The van der Waals surface area contributed by atoms with E-state index >= 15 is 0 Å². The summed E-state index contributed by atoms with van der Waals surface area (Å²) in [6, 6.07) is 13.5. The zero-order valence-corrected chi connectivity index (χ0v) is 20.0. The van der Waals surface area contributed by atoms with Crippen molar-refractivity contribution in [3.8, 4) is 11.4 Å². The number of nitrogens with two attached hydrogens (primary N) is 1. The normalized spacial score (nSPS) is 11.7. The molecule has 3 rings (SSSR count). The highest BCUT2D eigenvalue weighted by Crippen LogP contribution is 2.25. The van der Waals surface area contributed by atoms with Crippen LogP contribution in [0.2, 0.25) is 5.02 Å². The second-order valence-electron chi connectivity index (χ2n) is 7.71. The highest BCUT2D eigenvalue weighted by Gasteiger charge is 2.19. The van der Waals surface area contributed by atoms with Crippen LogP contribution in [0.5, 0.6) is 5.75 Å². The van der Waals surface area contributed by atoms with Crippen molar-refractivity contribution in [2.45, 2.75) is 25.3 Å². The van der Waals surface area contributed by atoms with Gasteiger partial charge in [-0.05, 0) is 69.4 Å². The summed E-state index contributed by atoms with van der Waals surface area (Å²) in [4.78, 5) is 15.0. The lowest BCUT2D eigenvalue weighted by Crippen LogP contribution is -2.26. The standard InChI is InChI=1S/C23H26ClN3O4S/c1-15-11-21(16(2)27(15)19-6-8-20(9-7-19)32(25,29)30)22(28)14-26(3)13-17-12-18(24)5-10-23(17)31-4/h5-12H,13-14H2,1-4H3,(H2,25,29,30). The monoisotopic (exact) mass is 475 g/mol. The smallest absolute Gasteiger partial charge is 0.238 e. The van der Waals surface area contributed by atoms with Crippen LogP contribution in [0, 0.1) is 13.8 Å². The van der Waals surface area contributed by atoms with Gasteiger partial charge < -0.3 is 9.30 Å². The number of ether oxygens (including phenoxy) is 1. The summed E-state index contributed by atoms with van der Waals surface area (Å²) in [6.07, 6.45) is 0. The molecule has 170 valence electrons. The SMILES string of the molecule is COc1ccc(Cl)cc1CN(C)CC(=O)c1cc(C)n(-c2ccc(S(N)(=O)=O)cc2)c1C. The van der Waals surface area contributed by atoms with Crippen LogP contribution in [-0.4, -0.2) is 44.4 Å². The molecule has 0 atom stereocenters. The van der Waals surface area contributed by atoms with Crippen LogP contribution in [0.3, 0.4) is 0 Å². The van der Waals surface area contributed by atoms with Crippen LogP contribution in [0.15, 0.2) is 53.4 Å². The summed E-state index contributed by atoms with van der Waals surface area (Å²) in [5.41, 5.74) is 3.92. The molecule has 0 amide bonds. The highest BCUT2D eigenvalue weighted by molar-refractivity contribution is 7.89. The van der Waals surface area contributed by atoms with Gasteiger partial charge in [-0.15, -0.1) is 0 Å². The average molecular weight is 476 g/mol. The third kappa shape index (κ3) is 5.21. The van der Waals surface area contributed by atoms with E-state index in [1.165, 1.54) is 12.1 Å². The number of sulfonamides is 1. The number of methoxy groups -OCH3 is 1. The number of likely N-dealkylation sites (N-methyl/N-ethyl adjacent to an activating group) is 1. The number of carbonyl (C=O) groups is 1. The maximum absolute atomic E-state index is 13.1. The van der Waals surface area contributed by atoms with Gasteiger partial charge in [-0.2, -0.15) is 0 Å². The van der Waals surface area contributed by atoms with Crippen molar-refractivity contribution in [2.24, 2.45) is 5.14 Å².